The van der Waals surface area contributed by atoms with Crippen molar-refractivity contribution >= 4 is 41.4 Å². The number of rotatable bonds is 13. The summed E-state index contributed by atoms with van der Waals surface area (Å²) in [6, 6.07) is -6.75. The predicted molar refractivity (Wildman–Crippen MR) is 206 cm³/mol. The summed E-state index contributed by atoms with van der Waals surface area (Å²) in [6.45, 7) is 17.6. The molecule has 6 atom stereocenters. The molecule has 0 aromatic carbocycles. The second-order valence-corrected chi connectivity index (χ2v) is 16.7. The highest BCUT2D eigenvalue weighted by molar-refractivity contribution is 5.98. The van der Waals surface area contributed by atoms with Crippen LogP contribution in [0.5, 0.6) is 0 Å². The van der Waals surface area contributed by atoms with Crippen molar-refractivity contribution in [1.82, 2.24) is 31.9 Å². The van der Waals surface area contributed by atoms with Crippen LogP contribution in [0.1, 0.15) is 108 Å². The van der Waals surface area contributed by atoms with Crippen molar-refractivity contribution in [2.45, 2.75) is 150 Å². The molecule has 1 heterocycles. The van der Waals surface area contributed by atoms with Crippen molar-refractivity contribution in [1.29, 1.82) is 0 Å². The molecule has 55 heavy (non-hydrogen) atoms. The van der Waals surface area contributed by atoms with Gasteiger partial charge in [-0.2, -0.15) is 0 Å². The lowest BCUT2D eigenvalue weighted by Crippen LogP contribution is -2.64. The first kappa shape index (κ1) is 49.2. The highest BCUT2D eigenvalue weighted by Crippen LogP contribution is 2.13. The molecule has 6 amide bonds. The summed E-state index contributed by atoms with van der Waals surface area (Å²) in [5.41, 5.74) is 4.48. The summed E-state index contributed by atoms with van der Waals surface area (Å²) in [7, 11) is 0. The lowest BCUT2D eigenvalue weighted by molar-refractivity contribution is -0.144. The molecule has 17 heteroatoms. The van der Waals surface area contributed by atoms with Gasteiger partial charge in [0.2, 0.25) is 35.4 Å². The standard InChI is InChI=1S/C38H69N7O10/c1-21(2)15-25(39)31(46)40-26(16-22(3)4)32(47)42-29-19-54-13-11-12-14-55-20-30(36(51)52)43-33(48)27(17-23(5)6)41-34(49)28(18-24(7)8)44-37(53)38(9,10)45-35(29)50/h21-30H,11-20,39H2,1-10H3,(H,40,46)(H,41,49)(H,42,47)(H,43,48)(H,44,53)(H,45,50)(H,51,52)/t25-,26-,27-,28-,29+,30-/m0/s1. The molecule has 1 saturated heterocycles. The van der Waals surface area contributed by atoms with E-state index in [1.807, 2.05) is 55.4 Å². The molecular formula is C38H69N7O10. The fourth-order valence-corrected chi connectivity index (χ4v) is 5.78. The third-order valence-electron chi connectivity index (χ3n) is 8.72. The van der Waals surface area contributed by atoms with E-state index in [1.165, 1.54) is 13.8 Å². The number of carboxylic acids is 1. The van der Waals surface area contributed by atoms with Gasteiger partial charge in [0, 0.05) is 13.2 Å². The SMILES string of the molecule is CC(C)C[C@@H]1NC(=O)[C@H](CC(C)C)NC(=O)C(C)(C)NC(=O)[C@H](NC(=O)[C@H](CC(C)C)NC(=O)[C@@H](N)CC(C)C)COCCCCOC[C@@H](C(=O)O)NC1=O. The van der Waals surface area contributed by atoms with Gasteiger partial charge in [0.25, 0.3) is 0 Å². The van der Waals surface area contributed by atoms with Crippen molar-refractivity contribution in [3.63, 3.8) is 0 Å². The van der Waals surface area contributed by atoms with Crippen LogP contribution in [0.25, 0.3) is 0 Å². The van der Waals surface area contributed by atoms with Gasteiger partial charge in [-0.1, -0.05) is 55.4 Å². The average Bonchev–Trinajstić information content (AvgIpc) is 3.05. The number of aliphatic carboxylic acids is 1. The van der Waals surface area contributed by atoms with Gasteiger partial charge >= 0.3 is 5.97 Å². The number of carbonyl (C=O) groups is 7. The molecular weight excluding hydrogens is 714 g/mol. The van der Waals surface area contributed by atoms with Gasteiger partial charge in [0.05, 0.1) is 19.3 Å². The molecule has 1 aliphatic rings. The molecule has 0 spiro atoms. The van der Waals surface area contributed by atoms with Crippen LogP contribution in [0.4, 0.5) is 0 Å². The van der Waals surface area contributed by atoms with Crippen molar-refractivity contribution in [3.8, 4) is 0 Å². The van der Waals surface area contributed by atoms with Gasteiger partial charge in [0.15, 0.2) is 6.04 Å². The van der Waals surface area contributed by atoms with E-state index in [0.29, 0.717) is 19.3 Å². The van der Waals surface area contributed by atoms with Crippen LogP contribution in [0.2, 0.25) is 0 Å². The van der Waals surface area contributed by atoms with Gasteiger partial charge < -0.3 is 52.2 Å². The molecule has 0 aromatic rings. The molecule has 17 nitrogen and oxygen atoms in total. The lowest BCUT2D eigenvalue weighted by Gasteiger charge is -2.31. The smallest absolute Gasteiger partial charge is 0.328 e. The Hall–Kier alpha value is -3.83. The second-order valence-electron chi connectivity index (χ2n) is 16.7. The number of hydrogen-bond acceptors (Lipinski definition) is 10. The van der Waals surface area contributed by atoms with E-state index in [1.54, 1.807) is 0 Å². The molecule has 0 radical (unpaired) electrons. The molecule has 0 aromatic heterocycles. The third kappa shape index (κ3) is 19.1. The Bertz CT molecular complexity index is 1290. The fourth-order valence-electron chi connectivity index (χ4n) is 5.78. The molecule has 316 valence electrons. The zero-order valence-corrected chi connectivity index (χ0v) is 34.5. The Morgan fingerprint density at radius 2 is 1.25 bits per heavy atom. The fraction of sp³-hybridized carbons (Fsp3) is 0.816. The molecule has 0 unspecified atom stereocenters. The zero-order chi connectivity index (χ0) is 42.0. The van der Waals surface area contributed by atoms with Gasteiger partial charge in [-0.3, -0.25) is 28.8 Å². The van der Waals surface area contributed by atoms with E-state index in [9.17, 15) is 38.7 Å². The van der Waals surface area contributed by atoms with E-state index in [-0.39, 0.29) is 69.4 Å². The van der Waals surface area contributed by atoms with Crippen molar-refractivity contribution in [2.24, 2.45) is 29.4 Å². The number of nitrogens with two attached hydrogens (primary N) is 1. The summed E-state index contributed by atoms with van der Waals surface area (Å²) in [4.78, 5) is 93.2. The summed E-state index contributed by atoms with van der Waals surface area (Å²) in [6.07, 6.45) is 1.93. The number of carbonyl (C=O) groups excluding carboxylic acids is 6. The van der Waals surface area contributed by atoms with Gasteiger partial charge in [-0.15, -0.1) is 0 Å². The molecule has 1 rings (SSSR count). The van der Waals surface area contributed by atoms with Crippen LogP contribution in [0, 0.1) is 23.7 Å². The summed E-state index contributed by atoms with van der Waals surface area (Å²) >= 11 is 0. The Labute approximate surface area is 326 Å². The van der Waals surface area contributed by atoms with Crippen LogP contribution in [0.3, 0.4) is 0 Å². The molecule has 1 aliphatic heterocycles. The quantitative estimate of drug-likeness (QED) is 0.129. The summed E-state index contributed by atoms with van der Waals surface area (Å²) < 4.78 is 11.3. The molecule has 0 bridgehead atoms. The van der Waals surface area contributed by atoms with E-state index < -0.39 is 83.2 Å². The van der Waals surface area contributed by atoms with Crippen molar-refractivity contribution in [3.05, 3.63) is 0 Å². The number of ether oxygens (including phenoxy) is 2. The number of hydrogen-bond donors (Lipinski definition) is 8. The Morgan fingerprint density at radius 1 is 0.745 bits per heavy atom. The Balaban J connectivity index is 3.45. The number of carboxylic acid groups (broad SMARTS) is 1. The first-order valence-corrected chi connectivity index (χ1v) is 19.5. The van der Waals surface area contributed by atoms with Crippen LogP contribution < -0.4 is 37.6 Å². The zero-order valence-electron chi connectivity index (χ0n) is 34.5. The average molecular weight is 784 g/mol. The van der Waals surface area contributed by atoms with E-state index in [2.05, 4.69) is 31.9 Å². The number of amides is 6. The summed E-state index contributed by atoms with van der Waals surface area (Å²) in [5, 5.41) is 25.7. The Morgan fingerprint density at radius 3 is 1.76 bits per heavy atom. The molecule has 1 fully saturated rings. The minimum absolute atomic E-state index is 0.00768. The first-order chi connectivity index (χ1) is 25.5. The second kappa shape index (κ2) is 23.9. The monoisotopic (exact) mass is 784 g/mol. The first-order valence-electron chi connectivity index (χ1n) is 19.5. The predicted octanol–water partition coefficient (Wildman–Crippen LogP) is 0.729. The number of nitrogens with one attached hydrogen (secondary N) is 6. The largest absolute Gasteiger partial charge is 0.480 e. The van der Waals surface area contributed by atoms with E-state index >= 15 is 0 Å². The third-order valence-corrected chi connectivity index (χ3v) is 8.72. The topological polar surface area (TPSA) is 256 Å². The van der Waals surface area contributed by atoms with E-state index in [0.717, 1.165) is 0 Å². The Kier molecular flexibility index (Phi) is 21.4. The van der Waals surface area contributed by atoms with Crippen LogP contribution in [-0.2, 0) is 43.0 Å². The van der Waals surface area contributed by atoms with E-state index in [4.69, 9.17) is 15.2 Å². The maximum absolute atomic E-state index is 13.8. The highest BCUT2D eigenvalue weighted by Gasteiger charge is 2.37. The van der Waals surface area contributed by atoms with Crippen LogP contribution in [-0.4, -0.2) is 115 Å². The van der Waals surface area contributed by atoms with Gasteiger partial charge in [-0.25, -0.2) is 4.79 Å². The van der Waals surface area contributed by atoms with Gasteiger partial charge in [0.1, 0.15) is 29.7 Å². The summed E-state index contributed by atoms with van der Waals surface area (Å²) in [5.74, 6) is -5.26. The van der Waals surface area contributed by atoms with Crippen molar-refractivity contribution < 1.29 is 48.1 Å². The minimum Gasteiger partial charge on any atom is -0.480 e. The minimum atomic E-state index is -1.61. The molecule has 9 N–H and O–H groups in total. The van der Waals surface area contributed by atoms with Gasteiger partial charge in [-0.05, 0) is 76.0 Å². The van der Waals surface area contributed by atoms with Crippen LogP contribution in [0.15, 0.2) is 0 Å². The maximum atomic E-state index is 13.8. The molecule has 0 saturated carbocycles. The maximum Gasteiger partial charge on any atom is 0.328 e. The normalized spacial score (nSPS) is 23.8. The van der Waals surface area contributed by atoms with Crippen LogP contribution >= 0.6 is 0 Å². The van der Waals surface area contributed by atoms with Crippen molar-refractivity contribution in [2.75, 3.05) is 26.4 Å². The molecule has 0 aliphatic carbocycles. The highest BCUT2D eigenvalue weighted by atomic mass is 16.5. The lowest BCUT2D eigenvalue weighted by atomic mass is 9.98.